The first-order chi connectivity index (χ1) is 27.3. The molecule has 0 spiro atoms. The summed E-state index contributed by atoms with van der Waals surface area (Å²) >= 11 is 0. The summed E-state index contributed by atoms with van der Waals surface area (Å²) in [6.07, 6.45) is 0. The second kappa shape index (κ2) is 12.6. The van der Waals surface area contributed by atoms with Crippen LogP contribution in [0.1, 0.15) is 0 Å². The lowest BCUT2D eigenvalue weighted by atomic mass is 9.93. The number of para-hydroxylation sites is 2. The van der Waals surface area contributed by atoms with Gasteiger partial charge in [0.25, 0.3) is 0 Å². The Hall–Kier alpha value is -7.36. The van der Waals surface area contributed by atoms with Crippen molar-refractivity contribution in [2.75, 3.05) is 4.90 Å². The minimum atomic E-state index is 0.851. The second-order valence-corrected chi connectivity index (χ2v) is 14.1. The van der Waals surface area contributed by atoms with E-state index < -0.39 is 0 Å². The largest absolute Gasteiger partial charge is 0.456 e. The number of hydrogen-bond donors (Lipinski definition) is 0. The van der Waals surface area contributed by atoms with Crippen molar-refractivity contribution in [1.82, 2.24) is 0 Å². The second-order valence-electron chi connectivity index (χ2n) is 14.1. The molecule has 258 valence electrons. The highest BCUT2D eigenvalue weighted by Crippen LogP contribution is 2.44. The summed E-state index contributed by atoms with van der Waals surface area (Å²) in [5.74, 6) is 0. The Labute approximate surface area is 317 Å². The third-order valence-corrected chi connectivity index (χ3v) is 10.9. The summed E-state index contributed by atoms with van der Waals surface area (Å²) in [6, 6.07) is 70.8. The maximum atomic E-state index is 6.82. The summed E-state index contributed by atoms with van der Waals surface area (Å²) in [5, 5.41) is 6.74. The van der Waals surface area contributed by atoms with Crippen LogP contribution < -0.4 is 4.90 Å². The molecule has 11 aromatic rings. The predicted octanol–water partition coefficient (Wildman–Crippen LogP) is 15.1. The van der Waals surface area contributed by atoms with Crippen LogP contribution in [-0.4, -0.2) is 0 Å². The van der Waals surface area contributed by atoms with E-state index in [2.05, 4.69) is 187 Å². The molecular formula is C52H33NO2. The van der Waals surface area contributed by atoms with E-state index >= 15 is 0 Å². The van der Waals surface area contributed by atoms with Gasteiger partial charge in [0.15, 0.2) is 0 Å². The van der Waals surface area contributed by atoms with Gasteiger partial charge in [-0.25, -0.2) is 0 Å². The zero-order valence-electron chi connectivity index (χ0n) is 29.8. The van der Waals surface area contributed by atoms with Crippen LogP contribution in [-0.2, 0) is 0 Å². The van der Waals surface area contributed by atoms with E-state index in [4.69, 9.17) is 8.83 Å². The minimum absolute atomic E-state index is 0.851. The third kappa shape index (κ3) is 5.20. The molecule has 0 saturated heterocycles. The number of rotatable bonds is 6. The Morgan fingerprint density at radius 3 is 1.76 bits per heavy atom. The zero-order valence-corrected chi connectivity index (χ0v) is 29.8. The molecule has 2 aromatic heterocycles. The Kier molecular flexibility index (Phi) is 7.17. The van der Waals surface area contributed by atoms with E-state index in [0.29, 0.717) is 0 Å². The first-order valence-corrected chi connectivity index (χ1v) is 18.7. The smallest absolute Gasteiger partial charge is 0.143 e. The van der Waals surface area contributed by atoms with Gasteiger partial charge in [-0.05, 0) is 99.4 Å². The highest BCUT2D eigenvalue weighted by atomic mass is 16.3. The number of furan rings is 2. The summed E-state index contributed by atoms with van der Waals surface area (Å²) < 4.78 is 13.0. The fraction of sp³-hybridized carbons (Fsp3) is 0. The molecule has 9 aromatic carbocycles. The van der Waals surface area contributed by atoms with E-state index in [1.54, 1.807) is 0 Å². The van der Waals surface area contributed by atoms with Crippen LogP contribution in [0.5, 0.6) is 0 Å². The van der Waals surface area contributed by atoms with Crippen LogP contribution >= 0.6 is 0 Å². The molecule has 2 heterocycles. The number of fused-ring (bicyclic) bond motifs is 8. The van der Waals surface area contributed by atoms with Gasteiger partial charge in [0.05, 0.1) is 0 Å². The Morgan fingerprint density at radius 1 is 0.291 bits per heavy atom. The van der Waals surface area contributed by atoms with E-state index in [1.807, 2.05) is 18.2 Å². The molecule has 55 heavy (non-hydrogen) atoms. The summed E-state index contributed by atoms with van der Waals surface area (Å²) in [5.41, 5.74) is 13.8. The number of nitrogens with zero attached hydrogens (tertiary/aromatic N) is 1. The van der Waals surface area contributed by atoms with Crippen LogP contribution in [0.2, 0.25) is 0 Å². The van der Waals surface area contributed by atoms with Gasteiger partial charge in [0, 0.05) is 50.1 Å². The Bertz CT molecular complexity index is 3190. The standard InChI is InChI=1S/C52H33NO2/c1-3-13-34(14-4-1)36-15-11-16-37(31-36)46-33-47-43-30-29-40(32-50(43)55-52(47)44-20-8-7-19-42(44)46)53(38-17-5-2-6-18-38)39-27-25-35(26-28-39)41-22-12-24-49-51(41)45-21-9-10-23-48(45)54-49/h1-33H. The monoisotopic (exact) mass is 703 g/mol. The third-order valence-electron chi connectivity index (χ3n) is 10.9. The van der Waals surface area contributed by atoms with Crippen molar-refractivity contribution in [3.05, 3.63) is 200 Å². The highest BCUT2D eigenvalue weighted by molar-refractivity contribution is 6.19. The minimum Gasteiger partial charge on any atom is -0.456 e. The molecule has 0 amide bonds. The quantitative estimate of drug-likeness (QED) is 0.173. The van der Waals surface area contributed by atoms with Gasteiger partial charge in [0.1, 0.15) is 22.3 Å². The topological polar surface area (TPSA) is 29.5 Å². The first kappa shape index (κ1) is 31.2. The normalized spacial score (nSPS) is 11.6. The number of hydrogen-bond acceptors (Lipinski definition) is 3. The van der Waals surface area contributed by atoms with Gasteiger partial charge in [-0.3, -0.25) is 0 Å². The van der Waals surface area contributed by atoms with Gasteiger partial charge in [-0.1, -0.05) is 133 Å². The molecule has 3 heteroatoms. The molecule has 0 aliphatic rings. The van der Waals surface area contributed by atoms with Crippen molar-refractivity contribution in [3.8, 4) is 33.4 Å². The van der Waals surface area contributed by atoms with Gasteiger partial charge in [0.2, 0.25) is 0 Å². The van der Waals surface area contributed by atoms with Crippen LogP contribution in [0.25, 0.3) is 88.0 Å². The van der Waals surface area contributed by atoms with Crippen molar-refractivity contribution in [1.29, 1.82) is 0 Å². The highest BCUT2D eigenvalue weighted by Gasteiger charge is 2.19. The molecule has 0 N–H and O–H groups in total. The van der Waals surface area contributed by atoms with Gasteiger partial charge >= 0.3 is 0 Å². The molecule has 0 unspecified atom stereocenters. The lowest BCUT2D eigenvalue weighted by Crippen LogP contribution is -2.09. The van der Waals surface area contributed by atoms with E-state index in [-0.39, 0.29) is 0 Å². The zero-order chi connectivity index (χ0) is 36.3. The average Bonchev–Trinajstić information content (AvgIpc) is 3.83. The van der Waals surface area contributed by atoms with E-state index in [1.165, 1.54) is 27.6 Å². The molecule has 0 radical (unpaired) electrons. The van der Waals surface area contributed by atoms with Gasteiger partial charge in [-0.15, -0.1) is 0 Å². The van der Waals surface area contributed by atoms with Crippen LogP contribution in [0, 0.1) is 0 Å². The Morgan fingerprint density at radius 2 is 0.927 bits per heavy atom. The molecule has 3 nitrogen and oxygen atoms in total. The molecule has 0 atom stereocenters. The van der Waals surface area contributed by atoms with Crippen molar-refractivity contribution in [2.24, 2.45) is 0 Å². The summed E-state index contributed by atoms with van der Waals surface area (Å²) in [7, 11) is 0. The molecule has 0 aliphatic carbocycles. The van der Waals surface area contributed by atoms with Gasteiger partial charge in [-0.2, -0.15) is 0 Å². The summed E-state index contributed by atoms with van der Waals surface area (Å²) in [6.45, 7) is 0. The van der Waals surface area contributed by atoms with E-state index in [9.17, 15) is 0 Å². The maximum absolute atomic E-state index is 6.82. The van der Waals surface area contributed by atoms with Crippen LogP contribution in [0.15, 0.2) is 209 Å². The lowest BCUT2D eigenvalue weighted by molar-refractivity contribution is 0.669. The maximum Gasteiger partial charge on any atom is 0.143 e. The molecule has 0 saturated carbocycles. The molecule has 11 rings (SSSR count). The van der Waals surface area contributed by atoms with Crippen molar-refractivity contribution in [2.45, 2.75) is 0 Å². The first-order valence-electron chi connectivity index (χ1n) is 18.7. The van der Waals surface area contributed by atoms with Crippen LogP contribution in [0.4, 0.5) is 17.1 Å². The van der Waals surface area contributed by atoms with Crippen molar-refractivity contribution in [3.63, 3.8) is 0 Å². The number of anilines is 3. The molecule has 0 bridgehead atoms. The summed E-state index contributed by atoms with van der Waals surface area (Å²) in [4.78, 5) is 2.29. The SMILES string of the molecule is c1ccc(-c2cccc(-c3cc4c5ccc(N(c6ccccc6)c6ccc(-c7cccc8oc9ccccc9c78)cc6)cc5oc4c4ccccc34)c2)cc1. The number of benzene rings is 9. The molecule has 0 fully saturated rings. The Balaban J connectivity index is 1.04. The average molecular weight is 704 g/mol. The fourth-order valence-corrected chi connectivity index (χ4v) is 8.29. The van der Waals surface area contributed by atoms with Crippen molar-refractivity contribution < 1.29 is 8.83 Å². The van der Waals surface area contributed by atoms with Crippen molar-refractivity contribution >= 4 is 71.7 Å². The molecular weight excluding hydrogens is 671 g/mol. The fourth-order valence-electron chi connectivity index (χ4n) is 8.29. The van der Waals surface area contributed by atoms with Crippen LogP contribution in [0.3, 0.4) is 0 Å². The van der Waals surface area contributed by atoms with E-state index in [0.717, 1.165) is 77.5 Å². The predicted molar refractivity (Wildman–Crippen MR) is 229 cm³/mol. The van der Waals surface area contributed by atoms with Gasteiger partial charge < -0.3 is 13.7 Å². The lowest BCUT2D eigenvalue weighted by Gasteiger charge is -2.25. The molecule has 0 aliphatic heterocycles.